The lowest BCUT2D eigenvalue weighted by molar-refractivity contribution is 0.539. The third kappa shape index (κ3) is 2.41. The van der Waals surface area contributed by atoms with Gasteiger partial charge in [-0.15, -0.1) is 10.2 Å². The molecule has 0 fully saturated rings. The molecule has 0 aliphatic rings. The Morgan fingerprint density at radius 1 is 1.35 bits per heavy atom. The van der Waals surface area contributed by atoms with E-state index in [1.807, 2.05) is 10.6 Å². The van der Waals surface area contributed by atoms with Gasteiger partial charge in [0.15, 0.2) is 10.8 Å². The van der Waals surface area contributed by atoms with Crippen LogP contribution in [0.3, 0.4) is 0 Å². The summed E-state index contributed by atoms with van der Waals surface area (Å²) in [5.41, 5.74) is 0.652. The smallest absolute Gasteiger partial charge is 0.198 e. The standard InChI is InChI=1S/C12H17ClN4/c1-3-5-6-9(4-2)11-15-16-12-10(13)14-7-8-17(11)12/h7-9H,3-6H2,1-2H3. The molecule has 0 aliphatic heterocycles. The zero-order valence-electron chi connectivity index (χ0n) is 10.2. The summed E-state index contributed by atoms with van der Waals surface area (Å²) in [5.74, 6) is 1.45. The number of aromatic nitrogens is 4. The van der Waals surface area contributed by atoms with Crippen molar-refractivity contribution in [2.24, 2.45) is 0 Å². The molecular weight excluding hydrogens is 236 g/mol. The van der Waals surface area contributed by atoms with E-state index in [2.05, 4.69) is 29.0 Å². The van der Waals surface area contributed by atoms with E-state index in [-0.39, 0.29) is 0 Å². The van der Waals surface area contributed by atoms with Gasteiger partial charge in [-0.1, -0.05) is 38.3 Å². The predicted octanol–water partition coefficient (Wildman–Crippen LogP) is 3.46. The highest BCUT2D eigenvalue weighted by molar-refractivity contribution is 6.32. The van der Waals surface area contributed by atoms with E-state index in [4.69, 9.17) is 11.6 Å². The van der Waals surface area contributed by atoms with Crippen LogP contribution in [0.5, 0.6) is 0 Å². The summed E-state index contributed by atoms with van der Waals surface area (Å²) in [6, 6.07) is 0. The van der Waals surface area contributed by atoms with Gasteiger partial charge in [0.1, 0.15) is 5.82 Å². The van der Waals surface area contributed by atoms with Crippen LogP contribution in [0, 0.1) is 0 Å². The second-order valence-corrected chi connectivity index (χ2v) is 4.58. The summed E-state index contributed by atoms with van der Waals surface area (Å²) in [5, 5.41) is 8.80. The van der Waals surface area contributed by atoms with Gasteiger partial charge in [-0.3, -0.25) is 4.40 Å². The highest BCUT2D eigenvalue weighted by Gasteiger charge is 2.17. The fourth-order valence-corrected chi connectivity index (χ4v) is 2.24. The highest BCUT2D eigenvalue weighted by Crippen LogP contribution is 2.25. The first-order chi connectivity index (χ1) is 8.27. The molecule has 92 valence electrons. The zero-order valence-corrected chi connectivity index (χ0v) is 11.0. The van der Waals surface area contributed by atoms with E-state index in [1.165, 1.54) is 12.8 Å². The summed E-state index contributed by atoms with van der Waals surface area (Å²) in [6.07, 6.45) is 8.20. The van der Waals surface area contributed by atoms with Crippen molar-refractivity contribution in [1.29, 1.82) is 0 Å². The molecule has 0 radical (unpaired) electrons. The lowest BCUT2D eigenvalue weighted by Crippen LogP contribution is -2.04. The summed E-state index contributed by atoms with van der Waals surface area (Å²) < 4.78 is 1.96. The van der Waals surface area contributed by atoms with Crippen LogP contribution < -0.4 is 0 Å². The van der Waals surface area contributed by atoms with Gasteiger partial charge in [0, 0.05) is 18.3 Å². The Morgan fingerprint density at radius 3 is 2.88 bits per heavy atom. The van der Waals surface area contributed by atoms with Crippen LogP contribution in [0.15, 0.2) is 12.4 Å². The number of nitrogens with zero attached hydrogens (tertiary/aromatic N) is 4. The molecule has 1 atom stereocenters. The van der Waals surface area contributed by atoms with Gasteiger partial charge in [0.25, 0.3) is 0 Å². The van der Waals surface area contributed by atoms with Crippen LogP contribution in [0.1, 0.15) is 51.3 Å². The Morgan fingerprint density at radius 2 is 2.18 bits per heavy atom. The Hall–Kier alpha value is -1.16. The van der Waals surface area contributed by atoms with Crippen molar-refractivity contribution in [1.82, 2.24) is 19.6 Å². The summed E-state index contributed by atoms with van der Waals surface area (Å²) in [7, 11) is 0. The number of rotatable bonds is 5. The molecular formula is C12H17ClN4. The van der Waals surface area contributed by atoms with E-state index in [1.54, 1.807) is 6.20 Å². The van der Waals surface area contributed by atoms with Crippen LogP contribution in [0.25, 0.3) is 5.65 Å². The van der Waals surface area contributed by atoms with Gasteiger partial charge in [0.05, 0.1) is 0 Å². The lowest BCUT2D eigenvalue weighted by Gasteiger charge is -2.12. The third-order valence-corrected chi connectivity index (χ3v) is 3.34. The van der Waals surface area contributed by atoms with Gasteiger partial charge < -0.3 is 0 Å². The molecule has 0 spiro atoms. The lowest BCUT2D eigenvalue weighted by atomic mass is 9.99. The van der Waals surface area contributed by atoms with E-state index in [0.717, 1.165) is 18.7 Å². The van der Waals surface area contributed by atoms with E-state index in [9.17, 15) is 0 Å². The predicted molar refractivity (Wildman–Crippen MR) is 68.3 cm³/mol. The second-order valence-electron chi connectivity index (χ2n) is 4.22. The maximum absolute atomic E-state index is 5.99. The van der Waals surface area contributed by atoms with Crippen molar-refractivity contribution in [2.45, 2.75) is 45.4 Å². The zero-order chi connectivity index (χ0) is 12.3. The third-order valence-electron chi connectivity index (χ3n) is 3.07. The van der Waals surface area contributed by atoms with Crippen LogP contribution in [0.2, 0.25) is 5.15 Å². The van der Waals surface area contributed by atoms with Crippen LogP contribution in [-0.4, -0.2) is 19.6 Å². The molecule has 0 aliphatic carbocycles. The monoisotopic (exact) mass is 252 g/mol. The minimum absolute atomic E-state index is 0.414. The maximum Gasteiger partial charge on any atom is 0.198 e. The van der Waals surface area contributed by atoms with E-state index in [0.29, 0.717) is 16.7 Å². The van der Waals surface area contributed by atoms with Gasteiger partial charge in [-0.2, -0.15) is 0 Å². The number of hydrogen-bond donors (Lipinski definition) is 0. The summed E-state index contributed by atoms with van der Waals surface area (Å²) in [6.45, 7) is 4.39. The molecule has 4 nitrogen and oxygen atoms in total. The molecule has 2 rings (SSSR count). The molecule has 2 aromatic rings. The number of halogens is 1. The number of fused-ring (bicyclic) bond motifs is 1. The van der Waals surface area contributed by atoms with Crippen molar-refractivity contribution in [3.05, 3.63) is 23.4 Å². The molecule has 17 heavy (non-hydrogen) atoms. The molecule has 0 amide bonds. The van der Waals surface area contributed by atoms with Crippen LogP contribution >= 0.6 is 11.6 Å². The fourth-order valence-electron chi connectivity index (χ4n) is 2.06. The minimum Gasteiger partial charge on any atom is -0.282 e. The Bertz CT molecular complexity index is 494. The molecule has 0 saturated heterocycles. The molecule has 0 N–H and O–H groups in total. The van der Waals surface area contributed by atoms with Crippen molar-refractivity contribution < 1.29 is 0 Å². The molecule has 2 heterocycles. The van der Waals surface area contributed by atoms with E-state index >= 15 is 0 Å². The van der Waals surface area contributed by atoms with Gasteiger partial charge in [-0.25, -0.2) is 4.98 Å². The fraction of sp³-hybridized carbons (Fsp3) is 0.583. The van der Waals surface area contributed by atoms with Gasteiger partial charge in [0.2, 0.25) is 0 Å². The van der Waals surface area contributed by atoms with Gasteiger partial charge in [-0.05, 0) is 12.8 Å². The normalized spacial score (nSPS) is 13.1. The highest BCUT2D eigenvalue weighted by atomic mass is 35.5. The first-order valence-electron chi connectivity index (χ1n) is 6.13. The average molecular weight is 253 g/mol. The second kappa shape index (κ2) is 5.45. The quantitative estimate of drug-likeness (QED) is 0.819. The van der Waals surface area contributed by atoms with E-state index < -0.39 is 0 Å². The Balaban J connectivity index is 2.37. The maximum atomic E-state index is 5.99. The average Bonchev–Trinajstić information content (AvgIpc) is 2.76. The molecule has 2 aromatic heterocycles. The van der Waals surface area contributed by atoms with Crippen molar-refractivity contribution in [2.75, 3.05) is 0 Å². The van der Waals surface area contributed by atoms with Crippen LogP contribution in [0.4, 0.5) is 0 Å². The number of unbranched alkanes of at least 4 members (excludes halogenated alkanes) is 1. The Labute approximate surface area is 106 Å². The summed E-state index contributed by atoms with van der Waals surface area (Å²) in [4.78, 5) is 4.01. The molecule has 1 unspecified atom stereocenters. The summed E-state index contributed by atoms with van der Waals surface area (Å²) >= 11 is 5.99. The topological polar surface area (TPSA) is 43.1 Å². The van der Waals surface area contributed by atoms with Crippen molar-refractivity contribution in [3.63, 3.8) is 0 Å². The SMILES string of the molecule is CCCCC(CC)c1nnc2c(Cl)nccn12. The molecule has 5 heteroatoms. The largest absolute Gasteiger partial charge is 0.282 e. The van der Waals surface area contributed by atoms with Gasteiger partial charge >= 0.3 is 0 Å². The number of hydrogen-bond acceptors (Lipinski definition) is 3. The molecule has 0 aromatic carbocycles. The molecule has 0 saturated carbocycles. The van der Waals surface area contributed by atoms with Crippen LogP contribution in [-0.2, 0) is 0 Å². The minimum atomic E-state index is 0.414. The first kappa shape index (κ1) is 12.3. The Kier molecular flexibility index (Phi) is 3.94. The first-order valence-corrected chi connectivity index (χ1v) is 6.50. The molecule has 0 bridgehead atoms. The van der Waals surface area contributed by atoms with Crippen molar-refractivity contribution >= 4 is 17.2 Å². The van der Waals surface area contributed by atoms with Crippen molar-refractivity contribution in [3.8, 4) is 0 Å².